The fourth-order valence-corrected chi connectivity index (χ4v) is 3.10. The van der Waals surface area contributed by atoms with Gasteiger partial charge in [-0.15, -0.1) is 11.8 Å². The lowest BCUT2D eigenvalue weighted by Crippen LogP contribution is -2.23. The van der Waals surface area contributed by atoms with Crippen LogP contribution in [-0.2, 0) is 11.3 Å². The van der Waals surface area contributed by atoms with Crippen LogP contribution in [0.4, 0.5) is 5.69 Å². The van der Waals surface area contributed by atoms with E-state index in [2.05, 4.69) is 10.3 Å². The lowest BCUT2D eigenvalue weighted by Gasteiger charge is -2.09. The number of benzene rings is 2. The van der Waals surface area contributed by atoms with Gasteiger partial charge in [0, 0.05) is 23.5 Å². The van der Waals surface area contributed by atoms with Gasteiger partial charge in [0.05, 0.1) is 17.2 Å². The molecular weight excluding hydrogens is 334 g/mol. The monoisotopic (exact) mass is 353 g/mol. The summed E-state index contributed by atoms with van der Waals surface area (Å²) in [5, 5.41) is 3.44. The Balaban J connectivity index is 1.71. The Kier molecular flexibility index (Phi) is 5.19. The first kappa shape index (κ1) is 17.2. The van der Waals surface area contributed by atoms with E-state index in [4.69, 9.17) is 0 Å². The van der Waals surface area contributed by atoms with Crippen molar-refractivity contribution in [2.45, 2.75) is 24.8 Å². The number of hydrogen-bond donors (Lipinski definition) is 1. The molecule has 0 bridgehead atoms. The van der Waals surface area contributed by atoms with Gasteiger partial charge in [-0.1, -0.05) is 18.2 Å². The lowest BCUT2D eigenvalue weighted by atomic mass is 10.1. The number of aromatic nitrogens is 2. The van der Waals surface area contributed by atoms with Gasteiger partial charge in [-0.2, -0.15) is 0 Å². The van der Waals surface area contributed by atoms with E-state index in [1.165, 1.54) is 10.9 Å². The van der Waals surface area contributed by atoms with Gasteiger partial charge in [-0.3, -0.25) is 14.2 Å². The van der Waals surface area contributed by atoms with Gasteiger partial charge in [0.2, 0.25) is 5.91 Å². The number of fused-ring (bicyclic) bond motifs is 1. The highest BCUT2D eigenvalue weighted by molar-refractivity contribution is 7.98. The Labute approximate surface area is 150 Å². The minimum absolute atomic E-state index is 0.120. The maximum Gasteiger partial charge on any atom is 0.261 e. The average molecular weight is 353 g/mol. The first-order valence-electron chi connectivity index (χ1n) is 7.97. The molecule has 128 valence electrons. The van der Waals surface area contributed by atoms with Crippen LogP contribution in [0, 0.1) is 6.92 Å². The highest BCUT2D eigenvalue weighted by Gasteiger charge is 2.08. The summed E-state index contributed by atoms with van der Waals surface area (Å²) in [4.78, 5) is 30.1. The van der Waals surface area contributed by atoms with Crippen LogP contribution in [0.3, 0.4) is 0 Å². The van der Waals surface area contributed by atoms with Gasteiger partial charge in [-0.25, -0.2) is 4.98 Å². The Morgan fingerprint density at radius 3 is 2.84 bits per heavy atom. The van der Waals surface area contributed by atoms with Crippen LogP contribution in [0.2, 0.25) is 0 Å². The quantitative estimate of drug-likeness (QED) is 0.714. The van der Waals surface area contributed by atoms with Crippen molar-refractivity contribution in [3.63, 3.8) is 0 Å². The van der Waals surface area contributed by atoms with Crippen molar-refractivity contribution in [1.29, 1.82) is 0 Å². The van der Waals surface area contributed by atoms with Crippen molar-refractivity contribution in [3.05, 3.63) is 64.7 Å². The van der Waals surface area contributed by atoms with Crippen LogP contribution in [0.25, 0.3) is 10.9 Å². The molecule has 0 fully saturated rings. The van der Waals surface area contributed by atoms with Gasteiger partial charge < -0.3 is 5.32 Å². The van der Waals surface area contributed by atoms with E-state index in [1.54, 1.807) is 17.8 Å². The van der Waals surface area contributed by atoms with Crippen molar-refractivity contribution in [3.8, 4) is 0 Å². The highest BCUT2D eigenvalue weighted by atomic mass is 32.2. The first-order valence-corrected chi connectivity index (χ1v) is 9.19. The molecule has 5 nitrogen and oxygen atoms in total. The number of aryl methyl sites for hydroxylation is 2. The van der Waals surface area contributed by atoms with E-state index in [0.717, 1.165) is 16.1 Å². The molecule has 0 unspecified atom stereocenters. The summed E-state index contributed by atoms with van der Waals surface area (Å²) >= 11 is 1.62. The summed E-state index contributed by atoms with van der Waals surface area (Å²) in [6.45, 7) is 2.22. The van der Waals surface area contributed by atoms with E-state index in [9.17, 15) is 9.59 Å². The largest absolute Gasteiger partial charge is 0.326 e. The number of carbonyl (C=O) groups is 1. The molecule has 25 heavy (non-hydrogen) atoms. The second-order valence-electron chi connectivity index (χ2n) is 5.74. The summed E-state index contributed by atoms with van der Waals surface area (Å²) in [5.41, 5.74) is 2.32. The Bertz CT molecular complexity index is 982. The van der Waals surface area contributed by atoms with Crippen molar-refractivity contribution >= 4 is 34.3 Å². The minimum Gasteiger partial charge on any atom is -0.326 e. The highest BCUT2D eigenvalue weighted by Crippen LogP contribution is 2.19. The topological polar surface area (TPSA) is 64.0 Å². The Morgan fingerprint density at radius 1 is 1.24 bits per heavy atom. The molecule has 3 aromatic rings. The summed E-state index contributed by atoms with van der Waals surface area (Å²) in [6.07, 6.45) is 3.71. The van der Waals surface area contributed by atoms with Gasteiger partial charge >= 0.3 is 0 Å². The summed E-state index contributed by atoms with van der Waals surface area (Å²) in [7, 11) is 0. The Morgan fingerprint density at radius 2 is 2.04 bits per heavy atom. The fourth-order valence-electron chi connectivity index (χ4n) is 2.64. The number of thioether (sulfide) groups is 1. The predicted molar refractivity (Wildman–Crippen MR) is 102 cm³/mol. The standard InChI is InChI=1S/C19H19N3O2S/c1-13-5-3-8-16-18(13)20-12-22(19(16)24)10-9-17(23)21-14-6-4-7-15(11-14)25-2/h3-8,11-12H,9-10H2,1-2H3,(H,21,23). The molecule has 0 radical (unpaired) electrons. The van der Waals surface area contributed by atoms with Gasteiger partial charge in [-0.05, 0) is 43.0 Å². The molecule has 1 amide bonds. The number of nitrogens with one attached hydrogen (secondary N) is 1. The molecule has 0 aliphatic heterocycles. The predicted octanol–water partition coefficient (Wildman–Crippen LogP) is 3.46. The molecule has 1 aromatic heterocycles. The fraction of sp³-hybridized carbons (Fsp3) is 0.211. The smallest absolute Gasteiger partial charge is 0.261 e. The molecule has 0 aliphatic carbocycles. The molecule has 0 spiro atoms. The molecule has 3 rings (SSSR count). The van der Waals surface area contributed by atoms with E-state index in [0.29, 0.717) is 17.4 Å². The number of anilines is 1. The summed E-state index contributed by atoms with van der Waals surface area (Å²) in [6, 6.07) is 13.2. The maximum absolute atomic E-state index is 12.5. The molecule has 0 saturated heterocycles. The number of rotatable bonds is 5. The zero-order chi connectivity index (χ0) is 17.8. The van der Waals surface area contributed by atoms with Crippen LogP contribution in [0.15, 0.2) is 58.5 Å². The molecule has 6 heteroatoms. The van der Waals surface area contributed by atoms with Gasteiger partial charge in [0.15, 0.2) is 0 Å². The molecule has 2 aromatic carbocycles. The third-order valence-corrected chi connectivity index (χ3v) is 4.71. The maximum atomic E-state index is 12.5. The van der Waals surface area contributed by atoms with Gasteiger partial charge in [0.1, 0.15) is 0 Å². The molecule has 1 N–H and O–H groups in total. The Hall–Kier alpha value is -2.60. The third-order valence-electron chi connectivity index (χ3n) is 3.99. The van der Waals surface area contributed by atoms with Crippen LogP contribution < -0.4 is 10.9 Å². The number of nitrogens with zero attached hydrogens (tertiary/aromatic N) is 2. The van der Waals surface area contributed by atoms with E-state index < -0.39 is 0 Å². The van der Waals surface area contributed by atoms with Crippen molar-refractivity contribution in [2.24, 2.45) is 0 Å². The second-order valence-corrected chi connectivity index (χ2v) is 6.62. The zero-order valence-electron chi connectivity index (χ0n) is 14.2. The lowest BCUT2D eigenvalue weighted by molar-refractivity contribution is -0.116. The van der Waals surface area contributed by atoms with Crippen LogP contribution in [-0.4, -0.2) is 21.7 Å². The van der Waals surface area contributed by atoms with Crippen LogP contribution in [0.1, 0.15) is 12.0 Å². The van der Waals surface area contributed by atoms with Crippen molar-refractivity contribution in [1.82, 2.24) is 9.55 Å². The molecule has 0 saturated carbocycles. The third kappa shape index (κ3) is 3.91. The van der Waals surface area contributed by atoms with E-state index in [-0.39, 0.29) is 17.9 Å². The minimum atomic E-state index is -0.130. The number of hydrogen-bond acceptors (Lipinski definition) is 4. The second kappa shape index (κ2) is 7.53. The SMILES string of the molecule is CSc1cccc(NC(=O)CCn2cnc3c(C)cccc3c2=O)c1. The number of carbonyl (C=O) groups excluding carboxylic acids is 1. The van der Waals surface area contributed by atoms with E-state index >= 15 is 0 Å². The molecule has 0 aliphatic rings. The van der Waals surface area contributed by atoms with Crippen molar-refractivity contribution < 1.29 is 4.79 Å². The van der Waals surface area contributed by atoms with Crippen LogP contribution >= 0.6 is 11.8 Å². The van der Waals surface area contributed by atoms with E-state index in [1.807, 2.05) is 49.6 Å². The molecule has 0 atom stereocenters. The molecule has 1 heterocycles. The summed E-state index contributed by atoms with van der Waals surface area (Å²) in [5.74, 6) is -0.130. The summed E-state index contributed by atoms with van der Waals surface area (Å²) < 4.78 is 1.49. The first-order chi connectivity index (χ1) is 12.1. The van der Waals surface area contributed by atoms with Crippen molar-refractivity contribution in [2.75, 3.05) is 11.6 Å². The normalized spacial score (nSPS) is 10.8. The number of para-hydroxylation sites is 1. The van der Waals surface area contributed by atoms with Gasteiger partial charge in [0.25, 0.3) is 5.56 Å². The van der Waals surface area contributed by atoms with Crippen LogP contribution in [0.5, 0.6) is 0 Å². The average Bonchev–Trinajstić information content (AvgIpc) is 2.62. The molecular formula is C19H19N3O2S. The number of amides is 1. The zero-order valence-corrected chi connectivity index (χ0v) is 15.0.